The van der Waals surface area contributed by atoms with E-state index in [9.17, 15) is 10.1 Å². The van der Waals surface area contributed by atoms with Crippen LogP contribution in [0, 0.1) is 15.5 Å². The molecular weight excluding hydrogens is 280 g/mol. The fourth-order valence-corrected chi connectivity index (χ4v) is 2.79. The number of guanidine groups is 1. The molecule has 1 aromatic rings. The summed E-state index contributed by atoms with van der Waals surface area (Å²) in [5, 5.41) is 17.4. The number of aliphatic imine (C=N–C) groups is 1. The van der Waals surface area contributed by atoms with Crippen LogP contribution in [0.25, 0.3) is 0 Å². The zero-order chi connectivity index (χ0) is 16.0. The number of rotatable bonds is 6. The molecule has 120 valence electrons. The quantitative estimate of drug-likeness (QED) is 0.366. The van der Waals surface area contributed by atoms with Gasteiger partial charge in [-0.15, -0.1) is 0 Å². The molecule has 0 heterocycles. The number of nitrogens with zero attached hydrogens (tertiary/aromatic N) is 2. The van der Waals surface area contributed by atoms with Gasteiger partial charge in [-0.2, -0.15) is 0 Å². The number of non-ortho nitro benzene ring substituents is 1. The molecule has 0 spiro atoms. The third-order valence-corrected chi connectivity index (χ3v) is 4.60. The maximum atomic E-state index is 10.8. The molecular formula is C16H24N4O2. The molecule has 1 fully saturated rings. The standard InChI is InChI=1S/C16H24N4O2/c1-3-16(8-5-9-16)12-19-15(17-2)18-11-13-6-4-7-14(10-13)20(21)22/h4,6-7,10H,3,5,8-9,11-12H2,1-2H3,(H2,17,18,19). The maximum Gasteiger partial charge on any atom is 0.269 e. The van der Waals surface area contributed by atoms with Crippen molar-refractivity contribution >= 4 is 11.6 Å². The van der Waals surface area contributed by atoms with E-state index in [1.165, 1.54) is 31.7 Å². The monoisotopic (exact) mass is 304 g/mol. The Bertz CT molecular complexity index is 547. The lowest BCUT2D eigenvalue weighted by Crippen LogP contribution is -2.46. The second-order valence-electron chi connectivity index (χ2n) is 5.91. The van der Waals surface area contributed by atoms with Crippen LogP contribution in [-0.2, 0) is 6.54 Å². The Morgan fingerprint density at radius 1 is 1.41 bits per heavy atom. The Labute approximate surface area is 131 Å². The van der Waals surface area contributed by atoms with Gasteiger partial charge in [0.25, 0.3) is 5.69 Å². The number of nitro benzene ring substituents is 1. The van der Waals surface area contributed by atoms with Crippen molar-refractivity contribution < 1.29 is 4.92 Å². The maximum absolute atomic E-state index is 10.8. The molecule has 6 nitrogen and oxygen atoms in total. The molecule has 0 unspecified atom stereocenters. The van der Waals surface area contributed by atoms with E-state index in [0.717, 1.165) is 18.1 Å². The molecule has 2 rings (SSSR count). The number of nitro groups is 1. The third-order valence-electron chi connectivity index (χ3n) is 4.60. The first kappa shape index (κ1) is 16.3. The average molecular weight is 304 g/mol. The predicted molar refractivity (Wildman–Crippen MR) is 87.9 cm³/mol. The van der Waals surface area contributed by atoms with E-state index in [0.29, 0.717) is 12.0 Å². The van der Waals surface area contributed by atoms with Gasteiger partial charge in [0.15, 0.2) is 5.96 Å². The van der Waals surface area contributed by atoms with Gasteiger partial charge < -0.3 is 10.6 Å². The Morgan fingerprint density at radius 2 is 2.18 bits per heavy atom. The fourth-order valence-electron chi connectivity index (χ4n) is 2.79. The summed E-state index contributed by atoms with van der Waals surface area (Å²) in [6.45, 7) is 3.68. The molecule has 1 saturated carbocycles. The van der Waals surface area contributed by atoms with Crippen LogP contribution in [0.4, 0.5) is 5.69 Å². The Kier molecular flexibility index (Phi) is 5.35. The van der Waals surface area contributed by atoms with Crippen LogP contribution in [0.15, 0.2) is 29.3 Å². The first-order valence-corrected chi connectivity index (χ1v) is 7.76. The first-order valence-electron chi connectivity index (χ1n) is 7.76. The van der Waals surface area contributed by atoms with Crippen LogP contribution < -0.4 is 10.6 Å². The van der Waals surface area contributed by atoms with Gasteiger partial charge in [0.1, 0.15) is 0 Å². The van der Waals surface area contributed by atoms with E-state index in [-0.39, 0.29) is 10.6 Å². The fraction of sp³-hybridized carbons (Fsp3) is 0.562. The number of hydrogen-bond acceptors (Lipinski definition) is 3. The summed E-state index contributed by atoms with van der Waals surface area (Å²) in [7, 11) is 1.74. The molecule has 0 radical (unpaired) electrons. The van der Waals surface area contributed by atoms with E-state index < -0.39 is 0 Å². The highest BCUT2D eigenvalue weighted by Gasteiger charge is 2.34. The van der Waals surface area contributed by atoms with Gasteiger partial charge in [0, 0.05) is 32.3 Å². The Hall–Kier alpha value is -2.11. The summed E-state index contributed by atoms with van der Waals surface area (Å²) in [5.41, 5.74) is 1.40. The molecule has 0 bridgehead atoms. The minimum absolute atomic E-state index is 0.113. The molecule has 22 heavy (non-hydrogen) atoms. The van der Waals surface area contributed by atoms with E-state index in [2.05, 4.69) is 22.5 Å². The first-order chi connectivity index (χ1) is 10.6. The van der Waals surface area contributed by atoms with Crippen molar-refractivity contribution in [3.63, 3.8) is 0 Å². The minimum atomic E-state index is -0.377. The van der Waals surface area contributed by atoms with Gasteiger partial charge in [0.2, 0.25) is 0 Å². The van der Waals surface area contributed by atoms with E-state index in [4.69, 9.17) is 0 Å². The third kappa shape index (κ3) is 3.96. The topological polar surface area (TPSA) is 79.6 Å². The lowest BCUT2D eigenvalue weighted by atomic mass is 9.67. The number of benzene rings is 1. The summed E-state index contributed by atoms with van der Waals surface area (Å²) in [5.74, 6) is 0.742. The van der Waals surface area contributed by atoms with Crippen molar-refractivity contribution in [2.24, 2.45) is 10.4 Å². The Morgan fingerprint density at radius 3 is 2.73 bits per heavy atom. The van der Waals surface area contributed by atoms with Crippen molar-refractivity contribution in [1.82, 2.24) is 10.6 Å². The van der Waals surface area contributed by atoms with Crippen LogP contribution in [0.1, 0.15) is 38.2 Å². The molecule has 0 amide bonds. The molecule has 0 saturated heterocycles. The van der Waals surface area contributed by atoms with Crippen LogP contribution in [0.2, 0.25) is 0 Å². The highest BCUT2D eigenvalue weighted by atomic mass is 16.6. The minimum Gasteiger partial charge on any atom is -0.356 e. The highest BCUT2D eigenvalue weighted by molar-refractivity contribution is 5.79. The zero-order valence-corrected chi connectivity index (χ0v) is 13.3. The summed E-state index contributed by atoms with van der Waals surface area (Å²) >= 11 is 0. The Balaban J connectivity index is 1.86. The van der Waals surface area contributed by atoms with E-state index in [1.807, 2.05) is 6.07 Å². The van der Waals surface area contributed by atoms with Crippen molar-refractivity contribution in [1.29, 1.82) is 0 Å². The van der Waals surface area contributed by atoms with Crippen molar-refractivity contribution in [3.8, 4) is 0 Å². The lowest BCUT2D eigenvalue weighted by molar-refractivity contribution is -0.384. The summed E-state index contributed by atoms with van der Waals surface area (Å²) in [6.07, 6.45) is 5.05. The van der Waals surface area contributed by atoms with Gasteiger partial charge in [-0.1, -0.05) is 25.5 Å². The smallest absolute Gasteiger partial charge is 0.269 e. The van der Waals surface area contributed by atoms with Crippen LogP contribution >= 0.6 is 0 Å². The number of hydrogen-bond donors (Lipinski definition) is 2. The zero-order valence-electron chi connectivity index (χ0n) is 13.3. The number of nitrogens with one attached hydrogen (secondary N) is 2. The van der Waals surface area contributed by atoms with Crippen molar-refractivity contribution in [2.45, 2.75) is 39.2 Å². The van der Waals surface area contributed by atoms with Crippen molar-refractivity contribution in [3.05, 3.63) is 39.9 Å². The van der Waals surface area contributed by atoms with Crippen LogP contribution in [0.5, 0.6) is 0 Å². The molecule has 6 heteroatoms. The summed E-state index contributed by atoms with van der Waals surface area (Å²) < 4.78 is 0. The van der Waals surface area contributed by atoms with Gasteiger partial charge in [0.05, 0.1) is 4.92 Å². The van der Waals surface area contributed by atoms with Gasteiger partial charge in [-0.3, -0.25) is 15.1 Å². The van der Waals surface area contributed by atoms with Gasteiger partial charge in [-0.25, -0.2) is 0 Å². The van der Waals surface area contributed by atoms with E-state index in [1.54, 1.807) is 19.2 Å². The summed E-state index contributed by atoms with van der Waals surface area (Å²) in [4.78, 5) is 14.6. The predicted octanol–water partition coefficient (Wildman–Crippen LogP) is 2.84. The van der Waals surface area contributed by atoms with Gasteiger partial charge in [-0.05, 0) is 30.2 Å². The molecule has 0 aromatic heterocycles. The second-order valence-corrected chi connectivity index (χ2v) is 5.91. The summed E-state index contributed by atoms with van der Waals surface area (Å²) in [6, 6.07) is 6.65. The molecule has 1 aromatic carbocycles. The molecule has 2 N–H and O–H groups in total. The SMILES string of the molecule is CCC1(CNC(=NC)NCc2cccc([N+](=O)[O-])c2)CCC1. The normalized spacial score (nSPS) is 16.7. The van der Waals surface area contributed by atoms with E-state index >= 15 is 0 Å². The molecule has 1 aliphatic carbocycles. The largest absolute Gasteiger partial charge is 0.356 e. The highest BCUT2D eigenvalue weighted by Crippen LogP contribution is 2.42. The lowest BCUT2D eigenvalue weighted by Gasteiger charge is -2.41. The second kappa shape index (κ2) is 7.24. The molecule has 1 aliphatic rings. The molecule has 0 atom stereocenters. The van der Waals surface area contributed by atoms with Crippen LogP contribution in [0.3, 0.4) is 0 Å². The average Bonchev–Trinajstić information content (AvgIpc) is 2.49. The van der Waals surface area contributed by atoms with Gasteiger partial charge >= 0.3 is 0 Å². The van der Waals surface area contributed by atoms with Crippen molar-refractivity contribution in [2.75, 3.05) is 13.6 Å². The molecule has 0 aliphatic heterocycles. The van der Waals surface area contributed by atoms with Crippen LogP contribution in [-0.4, -0.2) is 24.5 Å².